The molecule has 0 spiro atoms. The molecule has 3 aliphatic rings. The fourth-order valence-corrected chi connectivity index (χ4v) is 6.33. The van der Waals surface area contributed by atoms with Crippen molar-refractivity contribution >= 4 is 12.3 Å². The molecule has 0 saturated heterocycles. The minimum atomic E-state index is 0.0101. The van der Waals surface area contributed by atoms with E-state index in [0.29, 0.717) is 0 Å². The maximum absolute atomic E-state index is 11.7. The third-order valence-corrected chi connectivity index (χ3v) is 8.04. The van der Waals surface area contributed by atoms with Gasteiger partial charge in [0.05, 0.1) is 13.0 Å². The van der Waals surface area contributed by atoms with Crippen LogP contribution < -0.4 is 0 Å². The van der Waals surface area contributed by atoms with E-state index in [4.69, 9.17) is 4.74 Å². The number of rotatable bonds is 6. The zero-order valence-electron chi connectivity index (χ0n) is 16.7. The Morgan fingerprint density at radius 1 is 0.769 bits per heavy atom. The molecule has 3 saturated carbocycles. The van der Waals surface area contributed by atoms with Gasteiger partial charge in [-0.05, 0) is 100 Å². The summed E-state index contributed by atoms with van der Waals surface area (Å²) in [7, 11) is 1.52. The van der Waals surface area contributed by atoms with Crippen LogP contribution in [-0.4, -0.2) is 19.4 Å². The molecule has 0 bridgehead atoms. The molecular weight excluding hydrogens is 324 g/mol. The van der Waals surface area contributed by atoms with E-state index in [0.717, 1.165) is 61.6 Å². The highest BCUT2D eigenvalue weighted by atomic mass is 16.5. The summed E-state index contributed by atoms with van der Waals surface area (Å²) in [6, 6.07) is 0. The Kier molecular flexibility index (Phi) is 7.57. The molecule has 148 valence electrons. The molecule has 3 heteroatoms. The van der Waals surface area contributed by atoms with Crippen LogP contribution in [0.4, 0.5) is 0 Å². The number of hydrogen-bond acceptors (Lipinski definition) is 3. The summed E-state index contributed by atoms with van der Waals surface area (Å²) in [5.41, 5.74) is 0. The number of hydrogen-bond donors (Lipinski definition) is 0. The summed E-state index contributed by atoms with van der Waals surface area (Å²) in [6.07, 6.45) is 18.8. The zero-order valence-corrected chi connectivity index (χ0v) is 16.7. The summed E-state index contributed by atoms with van der Waals surface area (Å²) in [5.74, 6) is 4.68. The second-order valence-electron chi connectivity index (χ2n) is 9.33. The Hall–Kier alpha value is -0.860. The largest absolute Gasteiger partial charge is 0.469 e. The molecule has 0 N–H and O–H groups in total. The Bertz CT molecular complexity index is 436. The number of carbonyl (C=O) groups is 2. The number of carbonyl (C=O) groups excluding carboxylic acids is 2. The molecule has 3 nitrogen and oxygen atoms in total. The molecule has 26 heavy (non-hydrogen) atoms. The Balaban J connectivity index is 1.36. The third-order valence-electron chi connectivity index (χ3n) is 8.04. The zero-order chi connectivity index (χ0) is 18.4. The van der Waals surface area contributed by atoms with Crippen LogP contribution in [0.15, 0.2) is 0 Å². The van der Waals surface area contributed by atoms with E-state index in [2.05, 4.69) is 0 Å². The maximum Gasteiger partial charge on any atom is 0.308 e. The van der Waals surface area contributed by atoms with E-state index in [-0.39, 0.29) is 11.9 Å². The first-order valence-corrected chi connectivity index (χ1v) is 11.2. The second-order valence-corrected chi connectivity index (χ2v) is 9.33. The van der Waals surface area contributed by atoms with Crippen LogP contribution >= 0.6 is 0 Å². The van der Waals surface area contributed by atoms with Crippen molar-refractivity contribution in [1.29, 1.82) is 0 Å². The van der Waals surface area contributed by atoms with Gasteiger partial charge in [0.2, 0.25) is 0 Å². The predicted molar refractivity (Wildman–Crippen MR) is 104 cm³/mol. The van der Waals surface area contributed by atoms with E-state index >= 15 is 0 Å². The van der Waals surface area contributed by atoms with Crippen LogP contribution in [-0.2, 0) is 14.3 Å². The Labute approximate surface area is 159 Å². The van der Waals surface area contributed by atoms with Gasteiger partial charge < -0.3 is 9.53 Å². The molecule has 0 aliphatic heterocycles. The van der Waals surface area contributed by atoms with Crippen LogP contribution in [0, 0.1) is 35.5 Å². The van der Waals surface area contributed by atoms with E-state index in [1.54, 1.807) is 0 Å². The van der Waals surface area contributed by atoms with E-state index in [9.17, 15) is 9.59 Å². The van der Waals surface area contributed by atoms with Gasteiger partial charge in [-0.2, -0.15) is 0 Å². The quantitative estimate of drug-likeness (QED) is 0.459. The standard InChI is InChI=1S/C23H38O3/c1-26-23(25)22-14-12-21(13-15-22)20-10-8-19(9-11-20)18-6-4-17(5-7-18)3-2-16-24/h16-22H,2-15H2,1H3. The summed E-state index contributed by atoms with van der Waals surface area (Å²) < 4.78 is 4.92. The number of aldehydes is 1. The van der Waals surface area contributed by atoms with Gasteiger partial charge in [0.25, 0.3) is 0 Å². The van der Waals surface area contributed by atoms with Crippen LogP contribution in [0.3, 0.4) is 0 Å². The molecule has 0 amide bonds. The lowest BCUT2D eigenvalue weighted by atomic mass is 9.65. The van der Waals surface area contributed by atoms with Gasteiger partial charge in [0.15, 0.2) is 0 Å². The van der Waals surface area contributed by atoms with Crippen molar-refractivity contribution in [2.45, 2.75) is 89.9 Å². The molecule has 0 atom stereocenters. The predicted octanol–water partition coefficient (Wildman–Crippen LogP) is 5.56. The van der Waals surface area contributed by atoms with Crippen LogP contribution in [0.2, 0.25) is 0 Å². The summed E-state index contributed by atoms with van der Waals surface area (Å²) in [5, 5.41) is 0. The summed E-state index contributed by atoms with van der Waals surface area (Å²) in [4.78, 5) is 22.3. The molecule has 0 aromatic carbocycles. The highest BCUT2D eigenvalue weighted by Gasteiger charge is 2.35. The molecule has 0 unspecified atom stereocenters. The normalized spacial score (nSPS) is 38.5. The smallest absolute Gasteiger partial charge is 0.308 e. The molecule has 3 aliphatic carbocycles. The minimum absolute atomic E-state index is 0.0101. The lowest BCUT2D eigenvalue weighted by Gasteiger charge is -2.41. The number of ether oxygens (including phenoxy) is 1. The maximum atomic E-state index is 11.7. The van der Waals surface area contributed by atoms with Gasteiger partial charge in [-0.3, -0.25) is 4.79 Å². The van der Waals surface area contributed by atoms with Crippen LogP contribution in [0.25, 0.3) is 0 Å². The molecule has 0 aromatic rings. The van der Waals surface area contributed by atoms with Gasteiger partial charge in [-0.15, -0.1) is 0 Å². The van der Waals surface area contributed by atoms with Gasteiger partial charge in [0.1, 0.15) is 6.29 Å². The molecule has 3 rings (SSSR count). The monoisotopic (exact) mass is 362 g/mol. The molecule has 0 aromatic heterocycles. The average Bonchev–Trinajstić information content (AvgIpc) is 2.72. The van der Waals surface area contributed by atoms with Crippen molar-refractivity contribution < 1.29 is 14.3 Å². The molecular formula is C23H38O3. The van der Waals surface area contributed by atoms with Gasteiger partial charge in [-0.25, -0.2) is 0 Å². The second kappa shape index (κ2) is 9.90. The highest BCUT2D eigenvalue weighted by molar-refractivity contribution is 5.72. The summed E-state index contributed by atoms with van der Waals surface area (Å²) >= 11 is 0. The SMILES string of the molecule is COC(=O)C1CCC(C2CCC(C3CCC(CCC=O)CC3)CC2)CC1. The Morgan fingerprint density at radius 3 is 1.62 bits per heavy atom. The van der Waals surface area contributed by atoms with Crippen molar-refractivity contribution in [3.8, 4) is 0 Å². The summed E-state index contributed by atoms with van der Waals surface area (Å²) in [6.45, 7) is 0. The van der Waals surface area contributed by atoms with E-state index in [1.807, 2.05) is 0 Å². The van der Waals surface area contributed by atoms with E-state index < -0.39 is 0 Å². The molecule has 0 heterocycles. The first kappa shape index (κ1) is 19.9. The lowest BCUT2D eigenvalue weighted by Crippen LogP contribution is -2.31. The topological polar surface area (TPSA) is 43.4 Å². The lowest BCUT2D eigenvalue weighted by molar-refractivity contribution is -0.147. The Morgan fingerprint density at radius 2 is 1.19 bits per heavy atom. The number of esters is 1. The first-order chi connectivity index (χ1) is 12.7. The van der Waals surface area contributed by atoms with Crippen molar-refractivity contribution in [2.24, 2.45) is 35.5 Å². The average molecular weight is 363 g/mol. The highest BCUT2D eigenvalue weighted by Crippen LogP contribution is 2.46. The van der Waals surface area contributed by atoms with Crippen LogP contribution in [0.1, 0.15) is 89.9 Å². The van der Waals surface area contributed by atoms with Crippen molar-refractivity contribution in [3.05, 3.63) is 0 Å². The van der Waals surface area contributed by atoms with Crippen LogP contribution in [0.5, 0.6) is 0 Å². The molecule has 0 radical (unpaired) electrons. The fourth-order valence-electron chi connectivity index (χ4n) is 6.33. The van der Waals surface area contributed by atoms with Crippen molar-refractivity contribution in [2.75, 3.05) is 7.11 Å². The van der Waals surface area contributed by atoms with Crippen molar-refractivity contribution in [3.63, 3.8) is 0 Å². The van der Waals surface area contributed by atoms with Gasteiger partial charge >= 0.3 is 5.97 Å². The first-order valence-electron chi connectivity index (χ1n) is 11.2. The van der Waals surface area contributed by atoms with Crippen molar-refractivity contribution in [1.82, 2.24) is 0 Å². The van der Waals surface area contributed by atoms with Gasteiger partial charge in [0, 0.05) is 6.42 Å². The number of methoxy groups -OCH3 is 1. The third kappa shape index (κ3) is 5.10. The van der Waals surface area contributed by atoms with E-state index in [1.165, 1.54) is 71.3 Å². The minimum Gasteiger partial charge on any atom is -0.469 e. The van der Waals surface area contributed by atoms with Gasteiger partial charge in [-0.1, -0.05) is 12.8 Å². The fraction of sp³-hybridized carbons (Fsp3) is 0.913. The molecule has 3 fully saturated rings.